The normalized spacial score (nSPS) is 11.6. The van der Waals surface area contributed by atoms with Crippen molar-refractivity contribution in [3.05, 3.63) is 194 Å². The van der Waals surface area contributed by atoms with Crippen LogP contribution in [0.25, 0.3) is 88.4 Å². The second-order valence-corrected chi connectivity index (χ2v) is 12.9. The Morgan fingerprint density at radius 1 is 0.280 bits per heavy atom. The van der Waals surface area contributed by atoms with Gasteiger partial charge in [0.1, 0.15) is 0 Å². The van der Waals surface area contributed by atoms with Crippen LogP contribution in [0.5, 0.6) is 0 Å². The summed E-state index contributed by atoms with van der Waals surface area (Å²) in [6.45, 7) is 0. The van der Waals surface area contributed by atoms with E-state index in [4.69, 9.17) is 0 Å². The molecule has 234 valence electrons. The average molecular weight is 637 g/mol. The first-order chi connectivity index (χ1) is 24.8. The molecule has 2 heteroatoms. The molecule has 0 saturated heterocycles. The first kappa shape index (κ1) is 28.4. The number of hydrogen-bond acceptors (Lipinski definition) is 0. The van der Waals surface area contributed by atoms with E-state index in [2.05, 4.69) is 203 Å². The summed E-state index contributed by atoms with van der Waals surface area (Å²) in [6.07, 6.45) is 0. The molecule has 2 heterocycles. The Morgan fingerprint density at radius 2 is 0.780 bits per heavy atom. The second-order valence-electron chi connectivity index (χ2n) is 12.9. The number of para-hydroxylation sites is 4. The van der Waals surface area contributed by atoms with Crippen LogP contribution in [0.1, 0.15) is 0 Å². The van der Waals surface area contributed by atoms with E-state index in [0.717, 1.165) is 11.4 Å². The molecule has 8 aromatic carbocycles. The maximum atomic E-state index is 2.47. The van der Waals surface area contributed by atoms with Crippen LogP contribution in [-0.4, -0.2) is 9.13 Å². The van der Waals surface area contributed by atoms with Crippen molar-refractivity contribution in [3.8, 4) is 44.8 Å². The molecule has 0 radical (unpaired) electrons. The summed E-state index contributed by atoms with van der Waals surface area (Å²) in [5.74, 6) is 0. The van der Waals surface area contributed by atoms with Crippen LogP contribution in [0.3, 0.4) is 0 Å². The summed E-state index contributed by atoms with van der Waals surface area (Å²) in [6, 6.07) is 70.4. The van der Waals surface area contributed by atoms with Gasteiger partial charge in [-0.3, -0.25) is 0 Å². The number of fused-ring (bicyclic) bond motifs is 6. The summed E-state index contributed by atoms with van der Waals surface area (Å²) >= 11 is 0. The lowest BCUT2D eigenvalue weighted by atomic mass is 9.99. The Morgan fingerprint density at radius 3 is 1.44 bits per heavy atom. The summed E-state index contributed by atoms with van der Waals surface area (Å²) in [7, 11) is 0. The molecule has 0 bridgehead atoms. The zero-order valence-corrected chi connectivity index (χ0v) is 27.4. The molecule has 0 spiro atoms. The lowest BCUT2D eigenvalue weighted by Crippen LogP contribution is -1.99. The van der Waals surface area contributed by atoms with Crippen LogP contribution in [-0.2, 0) is 0 Å². The molecule has 2 aromatic heterocycles. The van der Waals surface area contributed by atoms with E-state index in [1.807, 2.05) is 0 Å². The van der Waals surface area contributed by atoms with Gasteiger partial charge in [-0.2, -0.15) is 0 Å². The van der Waals surface area contributed by atoms with E-state index in [-0.39, 0.29) is 0 Å². The molecule has 0 aliphatic carbocycles. The van der Waals surface area contributed by atoms with E-state index in [1.54, 1.807) is 0 Å². The number of hydrogen-bond donors (Lipinski definition) is 0. The van der Waals surface area contributed by atoms with Crippen molar-refractivity contribution >= 4 is 43.6 Å². The monoisotopic (exact) mass is 636 g/mol. The lowest BCUT2D eigenvalue weighted by molar-refractivity contribution is 1.17. The fraction of sp³-hybridized carbons (Fsp3) is 0. The third-order valence-electron chi connectivity index (χ3n) is 10.1. The van der Waals surface area contributed by atoms with Gasteiger partial charge in [-0.15, -0.1) is 0 Å². The number of nitrogens with zero attached hydrogens (tertiary/aromatic N) is 2. The quantitative estimate of drug-likeness (QED) is 0.178. The smallest absolute Gasteiger partial charge is 0.0620 e. The fourth-order valence-electron chi connectivity index (χ4n) is 7.88. The summed E-state index contributed by atoms with van der Waals surface area (Å²) in [5, 5.41) is 4.99. The summed E-state index contributed by atoms with van der Waals surface area (Å²) in [4.78, 5) is 0. The van der Waals surface area contributed by atoms with Gasteiger partial charge in [-0.1, -0.05) is 146 Å². The Kier molecular flexibility index (Phi) is 6.53. The van der Waals surface area contributed by atoms with Crippen LogP contribution >= 0.6 is 0 Å². The van der Waals surface area contributed by atoms with Crippen LogP contribution < -0.4 is 0 Å². The predicted octanol–water partition coefficient (Wildman–Crippen LogP) is 12.9. The van der Waals surface area contributed by atoms with Gasteiger partial charge in [0.2, 0.25) is 0 Å². The number of benzene rings is 8. The first-order valence-corrected chi connectivity index (χ1v) is 17.2. The van der Waals surface area contributed by atoms with Gasteiger partial charge < -0.3 is 9.13 Å². The lowest BCUT2D eigenvalue weighted by Gasteiger charge is -2.17. The van der Waals surface area contributed by atoms with Gasteiger partial charge in [0.25, 0.3) is 0 Å². The molecule has 0 N–H and O–H groups in total. The molecule has 0 aliphatic heterocycles. The van der Waals surface area contributed by atoms with Gasteiger partial charge in [0.15, 0.2) is 0 Å². The minimum atomic E-state index is 1.15. The van der Waals surface area contributed by atoms with Gasteiger partial charge in [-0.05, 0) is 70.8 Å². The van der Waals surface area contributed by atoms with Crippen molar-refractivity contribution in [1.29, 1.82) is 0 Å². The van der Waals surface area contributed by atoms with Crippen molar-refractivity contribution in [2.45, 2.75) is 0 Å². The van der Waals surface area contributed by atoms with Gasteiger partial charge >= 0.3 is 0 Å². The Balaban J connectivity index is 1.28. The van der Waals surface area contributed by atoms with E-state index < -0.39 is 0 Å². The summed E-state index contributed by atoms with van der Waals surface area (Å²) in [5.41, 5.74) is 14.4. The van der Waals surface area contributed by atoms with Crippen LogP contribution in [0, 0.1) is 0 Å². The number of aromatic nitrogens is 2. The van der Waals surface area contributed by atoms with Crippen molar-refractivity contribution in [3.63, 3.8) is 0 Å². The minimum absolute atomic E-state index is 1.15. The molecule has 2 nitrogen and oxygen atoms in total. The van der Waals surface area contributed by atoms with E-state index >= 15 is 0 Å². The van der Waals surface area contributed by atoms with Crippen molar-refractivity contribution in [1.82, 2.24) is 9.13 Å². The standard InChI is InChI=1S/C48H32N2/c1-4-15-33(16-5-1)35-27-29-46-42(31-35)43-32-36(34-17-6-2-7-18-34)28-30-47(43)50(46)45-26-13-11-22-39(45)41-24-14-23-40-38-21-10-12-25-44(38)49(48(40)41)37-19-8-3-9-20-37/h1-32H. The van der Waals surface area contributed by atoms with Gasteiger partial charge in [0.05, 0.1) is 27.8 Å². The van der Waals surface area contributed by atoms with Crippen molar-refractivity contribution in [2.24, 2.45) is 0 Å². The zero-order chi connectivity index (χ0) is 33.0. The molecule has 10 rings (SSSR count). The zero-order valence-electron chi connectivity index (χ0n) is 27.4. The highest BCUT2D eigenvalue weighted by atomic mass is 15.0. The fourth-order valence-corrected chi connectivity index (χ4v) is 7.88. The van der Waals surface area contributed by atoms with Crippen molar-refractivity contribution < 1.29 is 0 Å². The van der Waals surface area contributed by atoms with Crippen LogP contribution in [0.2, 0.25) is 0 Å². The van der Waals surface area contributed by atoms with E-state index in [1.165, 1.54) is 77.0 Å². The first-order valence-electron chi connectivity index (χ1n) is 17.2. The third kappa shape index (κ3) is 4.43. The molecular formula is C48H32N2. The van der Waals surface area contributed by atoms with E-state index in [0.29, 0.717) is 0 Å². The molecular weight excluding hydrogens is 605 g/mol. The molecule has 0 unspecified atom stereocenters. The largest absolute Gasteiger partial charge is 0.309 e. The molecule has 50 heavy (non-hydrogen) atoms. The maximum absolute atomic E-state index is 2.47. The molecule has 0 saturated carbocycles. The molecule has 0 aliphatic rings. The van der Waals surface area contributed by atoms with Crippen LogP contribution in [0.4, 0.5) is 0 Å². The van der Waals surface area contributed by atoms with E-state index in [9.17, 15) is 0 Å². The van der Waals surface area contributed by atoms with Crippen LogP contribution in [0.15, 0.2) is 194 Å². The number of rotatable bonds is 5. The van der Waals surface area contributed by atoms with Crippen molar-refractivity contribution in [2.75, 3.05) is 0 Å². The molecule has 0 fully saturated rings. The maximum Gasteiger partial charge on any atom is 0.0620 e. The highest BCUT2D eigenvalue weighted by Gasteiger charge is 2.21. The summed E-state index contributed by atoms with van der Waals surface area (Å²) < 4.78 is 4.90. The molecule has 0 atom stereocenters. The van der Waals surface area contributed by atoms with Gasteiger partial charge in [-0.25, -0.2) is 0 Å². The predicted molar refractivity (Wildman–Crippen MR) is 211 cm³/mol. The Bertz CT molecular complexity index is 2740. The van der Waals surface area contributed by atoms with Gasteiger partial charge in [0, 0.05) is 38.4 Å². The SMILES string of the molecule is c1ccc(-c2ccc3c(c2)c2cc(-c4ccccc4)ccc2n3-c2ccccc2-c2cccc3c4ccccc4n(-c4ccccc4)c23)cc1. The minimum Gasteiger partial charge on any atom is -0.309 e. The Hall–Kier alpha value is -6.64. The highest BCUT2D eigenvalue weighted by molar-refractivity contribution is 6.15. The third-order valence-corrected chi connectivity index (χ3v) is 10.1. The average Bonchev–Trinajstić information content (AvgIpc) is 3.71. The second kappa shape index (κ2) is 11.5. The molecule has 10 aromatic rings. The molecule has 0 amide bonds. The highest BCUT2D eigenvalue weighted by Crippen LogP contribution is 2.43. The topological polar surface area (TPSA) is 9.86 Å². The Labute approximate surface area is 290 Å².